The quantitative estimate of drug-likeness (QED) is 0.765. The molecule has 1 heterocycles. The summed E-state index contributed by atoms with van der Waals surface area (Å²) in [7, 11) is 0. The second kappa shape index (κ2) is 7.46. The minimum Gasteiger partial charge on any atom is -0.306 e. The predicted molar refractivity (Wildman–Crippen MR) is 84.9 cm³/mol. The number of aryl methyl sites for hydroxylation is 1. The first-order valence-corrected chi connectivity index (χ1v) is 8.08. The second-order valence-corrected chi connectivity index (χ2v) is 5.87. The number of nitrogens with one attached hydrogen (secondary N) is 1. The second-order valence-electron chi connectivity index (χ2n) is 4.89. The van der Waals surface area contributed by atoms with Crippen molar-refractivity contribution in [2.45, 2.75) is 39.2 Å². The zero-order valence-electron chi connectivity index (χ0n) is 11.9. The van der Waals surface area contributed by atoms with Gasteiger partial charge in [-0.25, -0.2) is 0 Å². The first-order chi connectivity index (χ1) is 9.35. The summed E-state index contributed by atoms with van der Waals surface area (Å²) in [5, 5.41) is 5.80. The van der Waals surface area contributed by atoms with Crippen LogP contribution in [0.2, 0.25) is 0 Å². The molecule has 0 bridgehead atoms. The lowest BCUT2D eigenvalue weighted by Crippen LogP contribution is -2.22. The van der Waals surface area contributed by atoms with Gasteiger partial charge in [0.15, 0.2) is 0 Å². The fourth-order valence-corrected chi connectivity index (χ4v) is 3.12. The average molecular weight is 273 g/mol. The van der Waals surface area contributed by atoms with Gasteiger partial charge in [0, 0.05) is 4.88 Å². The fourth-order valence-electron chi connectivity index (χ4n) is 2.29. The van der Waals surface area contributed by atoms with Gasteiger partial charge in [-0.3, -0.25) is 0 Å². The van der Waals surface area contributed by atoms with Crippen LogP contribution in [0.3, 0.4) is 0 Å². The van der Waals surface area contributed by atoms with E-state index in [0.717, 1.165) is 13.0 Å². The molecule has 1 unspecified atom stereocenters. The Morgan fingerprint density at radius 1 is 1.05 bits per heavy atom. The van der Waals surface area contributed by atoms with E-state index in [2.05, 4.69) is 60.9 Å². The van der Waals surface area contributed by atoms with Gasteiger partial charge in [-0.05, 0) is 42.0 Å². The van der Waals surface area contributed by atoms with Gasteiger partial charge in [-0.2, -0.15) is 0 Å². The van der Waals surface area contributed by atoms with Crippen LogP contribution in [0.5, 0.6) is 0 Å². The topological polar surface area (TPSA) is 12.0 Å². The van der Waals surface area contributed by atoms with E-state index < -0.39 is 0 Å². The maximum atomic E-state index is 3.65. The highest BCUT2D eigenvalue weighted by atomic mass is 32.1. The minimum atomic E-state index is 0.343. The highest BCUT2D eigenvalue weighted by Gasteiger charge is 2.13. The molecule has 0 aliphatic carbocycles. The zero-order chi connectivity index (χ0) is 13.5. The molecule has 0 fully saturated rings. The molecule has 1 nitrogen and oxygen atoms in total. The van der Waals surface area contributed by atoms with Crippen LogP contribution in [0, 0.1) is 0 Å². The first-order valence-electron chi connectivity index (χ1n) is 7.20. The summed E-state index contributed by atoms with van der Waals surface area (Å²) in [6.07, 6.45) is 3.55. The standard InChI is InChI=1S/C17H23NS/c1-3-6-14-8-10-15(11-9-14)17(18-12-4-2)16-7-5-13-19-16/h5,7-11,13,17-18H,3-4,6,12H2,1-2H3. The molecule has 2 rings (SSSR count). The van der Waals surface area contributed by atoms with Crippen LogP contribution in [0.1, 0.15) is 48.7 Å². The normalized spacial score (nSPS) is 12.5. The maximum absolute atomic E-state index is 3.65. The lowest BCUT2D eigenvalue weighted by atomic mass is 10.0. The molecule has 0 saturated heterocycles. The SMILES string of the molecule is CCCNC(c1ccc(CCC)cc1)c1cccs1. The summed E-state index contributed by atoms with van der Waals surface area (Å²) < 4.78 is 0. The zero-order valence-corrected chi connectivity index (χ0v) is 12.7. The number of rotatable bonds is 7. The van der Waals surface area contributed by atoms with Gasteiger partial charge in [0.2, 0.25) is 0 Å². The van der Waals surface area contributed by atoms with Gasteiger partial charge >= 0.3 is 0 Å². The Morgan fingerprint density at radius 3 is 2.42 bits per heavy atom. The Bertz CT molecular complexity index is 459. The van der Waals surface area contributed by atoms with Crippen molar-refractivity contribution >= 4 is 11.3 Å². The molecule has 1 aromatic heterocycles. The number of hydrogen-bond acceptors (Lipinski definition) is 2. The van der Waals surface area contributed by atoms with Crippen molar-refractivity contribution in [1.82, 2.24) is 5.32 Å². The molecule has 0 amide bonds. The van der Waals surface area contributed by atoms with E-state index in [0.29, 0.717) is 6.04 Å². The summed E-state index contributed by atoms with van der Waals surface area (Å²) in [6.45, 7) is 5.49. The minimum absolute atomic E-state index is 0.343. The number of benzene rings is 1. The van der Waals surface area contributed by atoms with Crippen LogP contribution >= 0.6 is 11.3 Å². The average Bonchev–Trinajstić information content (AvgIpc) is 2.95. The highest BCUT2D eigenvalue weighted by Crippen LogP contribution is 2.26. The summed E-state index contributed by atoms with van der Waals surface area (Å²) in [5.41, 5.74) is 2.81. The molecule has 0 radical (unpaired) electrons. The number of hydrogen-bond donors (Lipinski definition) is 1. The van der Waals surface area contributed by atoms with Gasteiger partial charge in [0.05, 0.1) is 6.04 Å². The Balaban J connectivity index is 2.17. The Hall–Kier alpha value is -1.12. The van der Waals surface area contributed by atoms with E-state index in [4.69, 9.17) is 0 Å². The van der Waals surface area contributed by atoms with Gasteiger partial charge in [-0.15, -0.1) is 11.3 Å². The molecule has 1 N–H and O–H groups in total. The first kappa shape index (κ1) is 14.3. The molecule has 2 heteroatoms. The third-order valence-electron chi connectivity index (χ3n) is 3.28. The molecule has 1 aromatic carbocycles. The number of thiophene rings is 1. The van der Waals surface area contributed by atoms with Crippen molar-refractivity contribution in [3.8, 4) is 0 Å². The van der Waals surface area contributed by atoms with Crippen molar-refractivity contribution in [2.24, 2.45) is 0 Å². The van der Waals surface area contributed by atoms with Crippen LogP contribution in [-0.4, -0.2) is 6.54 Å². The van der Waals surface area contributed by atoms with E-state index in [1.54, 1.807) is 0 Å². The van der Waals surface area contributed by atoms with Crippen LogP contribution in [0.15, 0.2) is 41.8 Å². The Morgan fingerprint density at radius 2 is 1.84 bits per heavy atom. The van der Waals surface area contributed by atoms with Crippen molar-refractivity contribution in [3.63, 3.8) is 0 Å². The molecular weight excluding hydrogens is 250 g/mol. The molecular formula is C17H23NS. The third kappa shape index (κ3) is 3.92. The summed E-state index contributed by atoms with van der Waals surface area (Å²) in [5.74, 6) is 0. The predicted octanol–water partition coefficient (Wildman–Crippen LogP) is 4.79. The van der Waals surface area contributed by atoms with Crippen LogP contribution < -0.4 is 5.32 Å². The molecule has 2 aromatic rings. The van der Waals surface area contributed by atoms with E-state index in [9.17, 15) is 0 Å². The van der Waals surface area contributed by atoms with Gasteiger partial charge in [0.25, 0.3) is 0 Å². The largest absolute Gasteiger partial charge is 0.306 e. The van der Waals surface area contributed by atoms with Crippen LogP contribution in [-0.2, 0) is 6.42 Å². The smallest absolute Gasteiger partial charge is 0.0671 e. The van der Waals surface area contributed by atoms with E-state index in [-0.39, 0.29) is 0 Å². The molecule has 0 spiro atoms. The molecule has 0 aliphatic heterocycles. The van der Waals surface area contributed by atoms with E-state index in [1.807, 2.05) is 11.3 Å². The lowest BCUT2D eigenvalue weighted by molar-refractivity contribution is 0.605. The summed E-state index contributed by atoms with van der Waals surface area (Å²) >= 11 is 1.83. The van der Waals surface area contributed by atoms with Gasteiger partial charge in [-0.1, -0.05) is 50.6 Å². The maximum Gasteiger partial charge on any atom is 0.0671 e. The molecule has 102 valence electrons. The van der Waals surface area contributed by atoms with Gasteiger partial charge in [0.1, 0.15) is 0 Å². The molecule has 19 heavy (non-hydrogen) atoms. The van der Waals surface area contributed by atoms with Crippen molar-refractivity contribution in [1.29, 1.82) is 0 Å². The highest BCUT2D eigenvalue weighted by molar-refractivity contribution is 7.10. The summed E-state index contributed by atoms with van der Waals surface area (Å²) in [6, 6.07) is 13.8. The fraction of sp³-hybridized carbons (Fsp3) is 0.412. The van der Waals surface area contributed by atoms with E-state index >= 15 is 0 Å². The lowest BCUT2D eigenvalue weighted by Gasteiger charge is -2.18. The molecule has 1 atom stereocenters. The van der Waals surface area contributed by atoms with Gasteiger partial charge < -0.3 is 5.32 Å². The monoisotopic (exact) mass is 273 g/mol. The van der Waals surface area contributed by atoms with Crippen molar-refractivity contribution in [3.05, 3.63) is 57.8 Å². The van der Waals surface area contributed by atoms with Crippen molar-refractivity contribution < 1.29 is 0 Å². The Kier molecular flexibility index (Phi) is 5.62. The third-order valence-corrected chi connectivity index (χ3v) is 4.22. The van der Waals surface area contributed by atoms with Crippen LogP contribution in [0.25, 0.3) is 0 Å². The van der Waals surface area contributed by atoms with Crippen molar-refractivity contribution in [2.75, 3.05) is 6.54 Å². The summed E-state index contributed by atoms with van der Waals surface area (Å²) in [4.78, 5) is 1.40. The Labute approximate surface area is 120 Å². The van der Waals surface area contributed by atoms with Crippen LogP contribution in [0.4, 0.5) is 0 Å². The molecule has 0 aliphatic rings. The van der Waals surface area contributed by atoms with E-state index in [1.165, 1.54) is 28.8 Å². The molecule has 0 saturated carbocycles.